The van der Waals surface area contributed by atoms with Gasteiger partial charge < -0.3 is 14.9 Å². The molecule has 0 fully saturated rings. The van der Waals surface area contributed by atoms with Crippen LogP contribution in [0.5, 0.6) is 0 Å². The van der Waals surface area contributed by atoms with Crippen molar-refractivity contribution in [2.24, 2.45) is 0 Å². The maximum atomic E-state index is 13.1. The minimum Gasteiger partial charge on any atom is -0.412 e. The maximum Gasteiger partial charge on any atom is 0.294 e. The molecule has 0 heterocycles. The van der Waals surface area contributed by atoms with E-state index in [2.05, 4.69) is 0 Å². The van der Waals surface area contributed by atoms with Crippen molar-refractivity contribution in [3.8, 4) is 0 Å². The summed E-state index contributed by atoms with van der Waals surface area (Å²) >= 11 is 10.9. The lowest BCUT2D eigenvalue weighted by Crippen LogP contribution is -2.13. The highest BCUT2D eigenvalue weighted by molar-refractivity contribution is 7.85. The number of ether oxygens (including phenoxy) is 2. The van der Waals surface area contributed by atoms with Crippen LogP contribution in [0.2, 0.25) is 0 Å². The number of hydrogen-bond acceptors (Lipinski definition) is 4. The van der Waals surface area contributed by atoms with Gasteiger partial charge in [-0.25, -0.2) is 13.2 Å². The SMILES string of the molecule is Cc1ccc(S(=O)(=O)O)cc1.Fc1cc(C(OCCCl)OCCCl)cc(F)c1F.O. The van der Waals surface area contributed by atoms with Gasteiger partial charge in [-0.2, -0.15) is 8.42 Å². The van der Waals surface area contributed by atoms with Gasteiger partial charge in [0.25, 0.3) is 10.1 Å². The van der Waals surface area contributed by atoms with Crippen LogP contribution in [0.3, 0.4) is 0 Å². The molecule has 0 unspecified atom stereocenters. The molecule has 0 aliphatic carbocycles. The third-order valence-electron chi connectivity index (χ3n) is 3.29. The molecule has 170 valence electrons. The molecular weight excluding hydrogens is 472 g/mol. The zero-order valence-electron chi connectivity index (χ0n) is 15.7. The topological polar surface area (TPSA) is 104 Å². The number of hydrogen-bond donors (Lipinski definition) is 1. The Morgan fingerprint density at radius 1 is 0.967 bits per heavy atom. The lowest BCUT2D eigenvalue weighted by molar-refractivity contribution is -0.139. The van der Waals surface area contributed by atoms with Gasteiger partial charge in [0.1, 0.15) is 0 Å². The fourth-order valence-electron chi connectivity index (χ4n) is 1.97. The summed E-state index contributed by atoms with van der Waals surface area (Å²) in [6.45, 7) is 2.08. The molecule has 0 spiro atoms. The zero-order valence-corrected chi connectivity index (χ0v) is 18.1. The van der Waals surface area contributed by atoms with Crippen LogP contribution in [-0.2, 0) is 19.6 Å². The second-order valence-electron chi connectivity index (χ2n) is 5.54. The van der Waals surface area contributed by atoms with E-state index in [0.29, 0.717) is 0 Å². The minimum absolute atomic E-state index is 0. The van der Waals surface area contributed by atoms with Gasteiger partial charge in [-0.3, -0.25) is 4.55 Å². The molecule has 0 radical (unpaired) electrons. The molecule has 3 N–H and O–H groups in total. The van der Waals surface area contributed by atoms with Gasteiger partial charge in [-0.1, -0.05) is 17.7 Å². The van der Waals surface area contributed by atoms with Gasteiger partial charge in [0.05, 0.1) is 18.1 Å². The van der Waals surface area contributed by atoms with E-state index in [-0.39, 0.29) is 40.9 Å². The number of benzene rings is 2. The molecule has 0 saturated carbocycles. The third-order valence-corrected chi connectivity index (χ3v) is 4.47. The summed E-state index contributed by atoms with van der Waals surface area (Å²) in [4.78, 5) is -0.0666. The first-order valence-corrected chi connectivity index (χ1v) is 10.6. The Labute approximate surface area is 182 Å². The van der Waals surface area contributed by atoms with Gasteiger partial charge >= 0.3 is 0 Å². The van der Waals surface area contributed by atoms with E-state index in [0.717, 1.165) is 17.7 Å². The Kier molecular flexibility index (Phi) is 13.2. The molecule has 0 aromatic heterocycles. The molecule has 0 saturated heterocycles. The Bertz CT molecular complexity index is 851. The molecular formula is C18H21Cl2F3O6S. The van der Waals surface area contributed by atoms with Gasteiger partial charge in [-0.05, 0) is 31.2 Å². The van der Waals surface area contributed by atoms with Crippen LogP contribution in [0.1, 0.15) is 17.4 Å². The fraction of sp³-hybridized carbons (Fsp3) is 0.333. The highest BCUT2D eigenvalue weighted by Crippen LogP contribution is 2.23. The molecule has 6 nitrogen and oxygen atoms in total. The number of aryl methyl sites for hydroxylation is 1. The molecule has 0 aliphatic heterocycles. The van der Waals surface area contributed by atoms with Gasteiger partial charge in [0.2, 0.25) is 0 Å². The van der Waals surface area contributed by atoms with Crippen LogP contribution in [-0.4, -0.2) is 43.4 Å². The third kappa shape index (κ3) is 9.61. The van der Waals surface area contributed by atoms with E-state index in [1.165, 1.54) is 12.1 Å². The van der Waals surface area contributed by atoms with E-state index in [4.69, 9.17) is 37.2 Å². The first kappa shape index (κ1) is 28.6. The molecule has 2 aromatic rings. The van der Waals surface area contributed by atoms with Crippen molar-refractivity contribution in [3.05, 3.63) is 65.0 Å². The highest BCUT2D eigenvalue weighted by atomic mass is 35.5. The van der Waals surface area contributed by atoms with Crippen molar-refractivity contribution < 1.29 is 41.1 Å². The van der Waals surface area contributed by atoms with Crippen molar-refractivity contribution in [1.29, 1.82) is 0 Å². The quantitative estimate of drug-likeness (QED) is 0.259. The lowest BCUT2D eigenvalue weighted by Gasteiger charge is -2.18. The Morgan fingerprint density at radius 2 is 1.40 bits per heavy atom. The summed E-state index contributed by atoms with van der Waals surface area (Å²) in [6.07, 6.45) is -1.04. The normalized spacial score (nSPS) is 10.9. The molecule has 30 heavy (non-hydrogen) atoms. The summed E-state index contributed by atoms with van der Waals surface area (Å²) < 4.78 is 78.8. The maximum absolute atomic E-state index is 13.1. The van der Waals surface area contributed by atoms with E-state index >= 15 is 0 Å². The second kappa shape index (κ2) is 13.8. The predicted molar refractivity (Wildman–Crippen MR) is 107 cm³/mol. The standard InChI is InChI=1S/C11H11Cl2F3O2.C7H8O3S.H2O/c12-1-3-17-11(18-4-2-13)7-5-8(14)10(16)9(15)6-7;1-6-2-4-7(5-3-6)11(8,9)10;/h5-6,11H,1-4H2;2-5H,1H3,(H,8,9,10);1H2. The second-order valence-corrected chi connectivity index (χ2v) is 7.72. The summed E-state index contributed by atoms with van der Waals surface area (Å²) in [5, 5.41) is 0. The van der Waals surface area contributed by atoms with Crippen molar-refractivity contribution in [2.45, 2.75) is 18.1 Å². The molecule has 0 atom stereocenters. The largest absolute Gasteiger partial charge is 0.412 e. The summed E-state index contributed by atoms with van der Waals surface area (Å²) in [7, 11) is -4.02. The van der Waals surface area contributed by atoms with Crippen LogP contribution in [0.15, 0.2) is 41.3 Å². The molecule has 0 amide bonds. The van der Waals surface area contributed by atoms with E-state index in [1.807, 2.05) is 6.92 Å². The van der Waals surface area contributed by atoms with Crippen molar-refractivity contribution >= 4 is 33.3 Å². The van der Waals surface area contributed by atoms with Crippen LogP contribution in [0, 0.1) is 24.4 Å². The first-order chi connectivity index (χ1) is 13.6. The minimum atomic E-state index is -4.02. The number of rotatable bonds is 8. The summed E-state index contributed by atoms with van der Waals surface area (Å²) in [5.74, 6) is -3.77. The van der Waals surface area contributed by atoms with E-state index in [1.54, 1.807) is 12.1 Å². The molecule has 2 rings (SSSR count). The lowest BCUT2D eigenvalue weighted by atomic mass is 10.2. The predicted octanol–water partition coefficient (Wildman–Crippen LogP) is 4.03. The van der Waals surface area contributed by atoms with E-state index < -0.39 is 33.9 Å². The van der Waals surface area contributed by atoms with Crippen LogP contribution >= 0.6 is 23.2 Å². The fourth-order valence-corrected chi connectivity index (χ4v) is 2.62. The first-order valence-electron chi connectivity index (χ1n) is 8.13. The smallest absolute Gasteiger partial charge is 0.294 e. The zero-order chi connectivity index (χ0) is 22.0. The van der Waals surface area contributed by atoms with Crippen molar-refractivity contribution in [3.63, 3.8) is 0 Å². The van der Waals surface area contributed by atoms with Gasteiger partial charge in [-0.15, -0.1) is 23.2 Å². The highest BCUT2D eigenvalue weighted by Gasteiger charge is 2.18. The van der Waals surface area contributed by atoms with Gasteiger partial charge in [0, 0.05) is 17.3 Å². The summed E-state index contributed by atoms with van der Waals surface area (Å²) in [5.41, 5.74) is 0.985. The Balaban J connectivity index is 0.000000603. The Hall–Kier alpha value is -1.40. The molecule has 12 heteroatoms. The van der Waals surface area contributed by atoms with Gasteiger partial charge in [0.15, 0.2) is 23.7 Å². The molecule has 0 aliphatic rings. The summed E-state index contributed by atoms with van der Waals surface area (Å²) in [6, 6.07) is 7.61. The number of alkyl halides is 2. The number of halogens is 5. The molecule has 2 aromatic carbocycles. The Morgan fingerprint density at radius 3 is 1.77 bits per heavy atom. The van der Waals surface area contributed by atoms with Crippen LogP contribution in [0.25, 0.3) is 0 Å². The molecule has 0 bridgehead atoms. The van der Waals surface area contributed by atoms with E-state index in [9.17, 15) is 21.6 Å². The average Bonchev–Trinajstić information content (AvgIpc) is 2.66. The van der Waals surface area contributed by atoms with Crippen molar-refractivity contribution in [1.82, 2.24) is 0 Å². The van der Waals surface area contributed by atoms with Crippen LogP contribution < -0.4 is 0 Å². The average molecular weight is 493 g/mol. The van der Waals surface area contributed by atoms with Crippen LogP contribution in [0.4, 0.5) is 13.2 Å². The monoisotopic (exact) mass is 492 g/mol. The van der Waals surface area contributed by atoms with Crippen molar-refractivity contribution in [2.75, 3.05) is 25.0 Å².